The summed E-state index contributed by atoms with van der Waals surface area (Å²) in [6.07, 6.45) is 3.63. The van der Waals surface area contributed by atoms with E-state index in [-0.39, 0.29) is 5.82 Å². The average molecular weight is 292 g/mol. The first-order valence-electron chi connectivity index (χ1n) is 8.30. The summed E-state index contributed by atoms with van der Waals surface area (Å²) in [5.41, 5.74) is 2.30. The number of benzene rings is 1. The molecule has 0 saturated carbocycles. The molecule has 1 aromatic carbocycles. The van der Waals surface area contributed by atoms with E-state index in [2.05, 4.69) is 37.9 Å². The van der Waals surface area contributed by atoms with Crippen molar-refractivity contribution in [1.29, 1.82) is 0 Å². The Hall–Kier alpha value is -1.09. The predicted molar refractivity (Wildman–Crippen MR) is 88.2 cm³/mol. The van der Waals surface area contributed by atoms with Crippen molar-refractivity contribution in [2.75, 3.05) is 11.4 Å². The van der Waals surface area contributed by atoms with Gasteiger partial charge in [-0.1, -0.05) is 20.8 Å². The van der Waals surface area contributed by atoms with Gasteiger partial charge in [-0.05, 0) is 62.4 Å². The number of hydrogen-bond acceptors (Lipinski definition) is 2. The first-order valence-corrected chi connectivity index (χ1v) is 8.30. The lowest BCUT2D eigenvalue weighted by molar-refractivity contribution is 0.547. The molecule has 2 unspecified atom stereocenters. The normalized spacial score (nSPS) is 22.3. The van der Waals surface area contributed by atoms with Crippen LogP contribution in [0.2, 0.25) is 0 Å². The zero-order valence-electron chi connectivity index (χ0n) is 13.8. The summed E-state index contributed by atoms with van der Waals surface area (Å²) in [4.78, 5) is 2.51. The molecule has 1 aliphatic heterocycles. The second-order valence-corrected chi connectivity index (χ2v) is 6.69. The number of halogens is 1. The Balaban J connectivity index is 2.21. The minimum absolute atomic E-state index is 0.139. The molecule has 118 valence electrons. The van der Waals surface area contributed by atoms with Crippen molar-refractivity contribution in [3.8, 4) is 0 Å². The molecular weight excluding hydrogens is 263 g/mol. The Morgan fingerprint density at radius 1 is 1.33 bits per heavy atom. The van der Waals surface area contributed by atoms with E-state index in [1.807, 2.05) is 6.07 Å². The van der Waals surface area contributed by atoms with Crippen molar-refractivity contribution in [2.45, 2.75) is 65.6 Å². The van der Waals surface area contributed by atoms with E-state index in [9.17, 15) is 4.39 Å². The fourth-order valence-corrected chi connectivity index (χ4v) is 3.35. The molecule has 2 atom stereocenters. The second kappa shape index (κ2) is 7.26. The molecule has 21 heavy (non-hydrogen) atoms. The van der Waals surface area contributed by atoms with Gasteiger partial charge in [-0.3, -0.25) is 0 Å². The molecule has 0 bridgehead atoms. The summed E-state index contributed by atoms with van der Waals surface area (Å²) < 4.78 is 13.6. The zero-order chi connectivity index (χ0) is 15.4. The molecule has 1 aliphatic rings. The summed E-state index contributed by atoms with van der Waals surface area (Å²) in [7, 11) is 0. The second-order valence-electron chi connectivity index (χ2n) is 6.69. The predicted octanol–water partition coefficient (Wildman–Crippen LogP) is 4.34. The lowest BCUT2D eigenvalue weighted by Crippen LogP contribution is -2.35. The highest BCUT2D eigenvalue weighted by Gasteiger charge is 2.30. The maximum atomic E-state index is 13.6. The smallest absolute Gasteiger partial charge is 0.123 e. The molecule has 0 aliphatic carbocycles. The number of anilines is 1. The van der Waals surface area contributed by atoms with Crippen LogP contribution < -0.4 is 10.2 Å². The van der Waals surface area contributed by atoms with E-state index in [1.165, 1.54) is 18.5 Å². The molecule has 0 spiro atoms. The minimum Gasteiger partial charge on any atom is -0.366 e. The molecule has 2 rings (SSSR count). The molecule has 0 radical (unpaired) electrons. The lowest BCUT2D eigenvalue weighted by Gasteiger charge is -2.32. The van der Waals surface area contributed by atoms with Crippen molar-refractivity contribution < 1.29 is 4.39 Å². The molecule has 1 aromatic rings. The van der Waals surface area contributed by atoms with Gasteiger partial charge in [0.05, 0.1) is 0 Å². The Bertz CT molecular complexity index is 459. The van der Waals surface area contributed by atoms with E-state index in [0.717, 1.165) is 25.1 Å². The lowest BCUT2D eigenvalue weighted by atomic mass is 10.1. The highest BCUT2D eigenvalue weighted by molar-refractivity contribution is 5.56. The van der Waals surface area contributed by atoms with Crippen LogP contribution in [0.4, 0.5) is 10.1 Å². The van der Waals surface area contributed by atoms with Gasteiger partial charge in [-0.25, -0.2) is 4.39 Å². The minimum atomic E-state index is -0.139. The van der Waals surface area contributed by atoms with Crippen LogP contribution in [0.1, 0.15) is 52.5 Å². The molecular formula is C18H29FN2. The molecule has 0 amide bonds. The van der Waals surface area contributed by atoms with Crippen LogP contribution >= 0.6 is 0 Å². The quantitative estimate of drug-likeness (QED) is 0.839. The van der Waals surface area contributed by atoms with Crippen molar-refractivity contribution >= 4 is 5.69 Å². The fraction of sp³-hybridized carbons (Fsp3) is 0.667. The van der Waals surface area contributed by atoms with Gasteiger partial charge >= 0.3 is 0 Å². The van der Waals surface area contributed by atoms with Gasteiger partial charge in [-0.2, -0.15) is 0 Å². The topological polar surface area (TPSA) is 15.3 Å². The molecule has 0 aromatic heterocycles. The Kier molecular flexibility index (Phi) is 5.63. The molecule has 1 N–H and O–H groups in total. The highest BCUT2D eigenvalue weighted by Crippen LogP contribution is 2.34. The molecule has 2 nitrogen and oxygen atoms in total. The van der Waals surface area contributed by atoms with Crippen LogP contribution in [-0.2, 0) is 6.54 Å². The summed E-state index contributed by atoms with van der Waals surface area (Å²) >= 11 is 0. The number of nitrogens with one attached hydrogen (secondary N) is 1. The third kappa shape index (κ3) is 3.97. The van der Waals surface area contributed by atoms with Crippen molar-refractivity contribution in [3.63, 3.8) is 0 Å². The Morgan fingerprint density at radius 3 is 2.76 bits per heavy atom. The van der Waals surface area contributed by atoms with Crippen LogP contribution in [0.15, 0.2) is 18.2 Å². The molecule has 3 heteroatoms. The Labute approximate surface area is 128 Å². The van der Waals surface area contributed by atoms with Gasteiger partial charge in [0.25, 0.3) is 0 Å². The van der Waals surface area contributed by atoms with Crippen LogP contribution in [0.25, 0.3) is 0 Å². The van der Waals surface area contributed by atoms with Crippen LogP contribution in [0, 0.1) is 11.7 Å². The highest BCUT2D eigenvalue weighted by atomic mass is 19.1. The number of hydrogen-bond donors (Lipinski definition) is 1. The van der Waals surface area contributed by atoms with Crippen molar-refractivity contribution in [1.82, 2.24) is 5.32 Å². The van der Waals surface area contributed by atoms with Crippen LogP contribution in [0.5, 0.6) is 0 Å². The SMILES string of the molecule is CCC1CCC(C)N1c1ccc(F)cc1CNCC(C)C. The number of nitrogens with zero attached hydrogens (tertiary/aromatic N) is 1. The molecule has 1 heterocycles. The molecule has 1 fully saturated rings. The van der Waals surface area contributed by atoms with E-state index >= 15 is 0 Å². The first kappa shape index (κ1) is 16.3. The summed E-state index contributed by atoms with van der Waals surface area (Å²) in [5, 5.41) is 3.45. The first-order chi connectivity index (χ1) is 10.0. The van der Waals surface area contributed by atoms with Gasteiger partial charge in [-0.15, -0.1) is 0 Å². The van der Waals surface area contributed by atoms with Crippen LogP contribution in [-0.4, -0.2) is 18.6 Å². The monoisotopic (exact) mass is 292 g/mol. The summed E-state index contributed by atoms with van der Waals surface area (Å²) in [5.74, 6) is 0.469. The third-order valence-corrected chi connectivity index (χ3v) is 4.44. The van der Waals surface area contributed by atoms with Gasteiger partial charge < -0.3 is 10.2 Å². The Morgan fingerprint density at radius 2 is 2.10 bits per heavy atom. The maximum Gasteiger partial charge on any atom is 0.123 e. The van der Waals surface area contributed by atoms with Gasteiger partial charge in [0.15, 0.2) is 0 Å². The van der Waals surface area contributed by atoms with Gasteiger partial charge in [0, 0.05) is 24.3 Å². The summed E-state index contributed by atoms with van der Waals surface area (Å²) in [6.45, 7) is 10.6. The van der Waals surface area contributed by atoms with E-state index < -0.39 is 0 Å². The van der Waals surface area contributed by atoms with Gasteiger partial charge in [0.1, 0.15) is 5.82 Å². The van der Waals surface area contributed by atoms with Crippen molar-refractivity contribution in [3.05, 3.63) is 29.6 Å². The van der Waals surface area contributed by atoms with Gasteiger partial charge in [0.2, 0.25) is 0 Å². The fourth-order valence-electron chi connectivity index (χ4n) is 3.35. The zero-order valence-corrected chi connectivity index (χ0v) is 13.8. The van der Waals surface area contributed by atoms with Crippen molar-refractivity contribution in [2.24, 2.45) is 5.92 Å². The standard InChI is InChI=1S/C18H29FN2/c1-5-17-8-6-14(4)21(17)18-9-7-16(19)10-15(18)12-20-11-13(2)3/h7,9-10,13-14,17,20H,5-6,8,11-12H2,1-4H3. The number of rotatable bonds is 6. The van der Waals surface area contributed by atoms with E-state index in [1.54, 1.807) is 12.1 Å². The summed E-state index contributed by atoms with van der Waals surface area (Å²) in [6, 6.07) is 6.39. The average Bonchev–Trinajstić information content (AvgIpc) is 2.80. The van der Waals surface area contributed by atoms with E-state index in [0.29, 0.717) is 18.0 Å². The third-order valence-electron chi connectivity index (χ3n) is 4.44. The van der Waals surface area contributed by atoms with E-state index in [4.69, 9.17) is 0 Å². The molecule has 1 saturated heterocycles. The van der Waals surface area contributed by atoms with Crippen LogP contribution in [0.3, 0.4) is 0 Å². The maximum absolute atomic E-state index is 13.6. The largest absolute Gasteiger partial charge is 0.366 e.